The van der Waals surface area contributed by atoms with E-state index in [1.807, 2.05) is 39.0 Å². The smallest absolute Gasteiger partial charge is 0.244 e. The van der Waals surface area contributed by atoms with E-state index in [2.05, 4.69) is 30.5 Å². The molecule has 34 heavy (non-hydrogen) atoms. The van der Waals surface area contributed by atoms with Crippen LogP contribution in [-0.4, -0.2) is 47.1 Å². The Bertz CT molecular complexity index is 831. The zero-order chi connectivity index (χ0) is 25.4. The molecule has 1 rings (SSSR count). The summed E-state index contributed by atoms with van der Waals surface area (Å²) in [5.74, 6) is -0.151. The number of amides is 1. The second kappa shape index (κ2) is 16.2. The minimum atomic E-state index is -1.03. The van der Waals surface area contributed by atoms with Gasteiger partial charge in [0.25, 0.3) is 0 Å². The van der Waals surface area contributed by atoms with Gasteiger partial charge in [-0.15, -0.1) is 0 Å². The Hall–Kier alpha value is -2.47. The highest BCUT2D eigenvalue weighted by Crippen LogP contribution is 2.25. The third-order valence-corrected chi connectivity index (χ3v) is 5.92. The SMILES string of the molecule is CCC/C=C/CC1C/C=C/C=C(\C)C(C)(OC)C/C=C\C(O)C(O)\C=C(C)/C=C/C=C/C(=O)N1. The zero-order valence-electron chi connectivity index (χ0n) is 21.4. The standard InChI is InChI=1S/C29H43NO4/c1-6-7-8-9-17-25-18-12-11-16-24(3)29(4,34-5)21-14-19-26(31)27(32)22-23(2)15-10-13-20-28(33)30-25/h8-16,19-20,22,25-27,31-32H,6-7,17-18,21H2,1-5H3,(H,30,33)/b9-8+,12-11+,15-10+,19-14-,20-13+,23-22-,24-16+. The highest BCUT2D eigenvalue weighted by Gasteiger charge is 2.24. The van der Waals surface area contributed by atoms with Gasteiger partial charge < -0.3 is 20.3 Å². The van der Waals surface area contributed by atoms with Gasteiger partial charge in [0.05, 0.1) is 5.60 Å². The first-order valence-corrected chi connectivity index (χ1v) is 12.1. The molecule has 0 aliphatic carbocycles. The van der Waals surface area contributed by atoms with E-state index in [9.17, 15) is 15.0 Å². The lowest BCUT2D eigenvalue weighted by atomic mass is 9.92. The van der Waals surface area contributed by atoms with Gasteiger partial charge in [-0.05, 0) is 52.0 Å². The van der Waals surface area contributed by atoms with Crippen LogP contribution in [0.15, 0.2) is 84.1 Å². The Kier molecular flexibility index (Phi) is 14.1. The number of ether oxygens (including phenoxy) is 1. The Morgan fingerprint density at radius 1 is 1.12 bits per heavy atom. The van der Waals surface area contributed by atoms with E-state index in [1.165, 1.54) is 6.08 Å². The molecule has 5 heteroatoms. The normalized spacial score (nSPS) is 34.8. The quantitative estimate of drug-likeness (QED) is 0.480. The molecule has 4 atom stereocenters. The van der Waals surface area contributed by atoms with Crippen LogP contribution in [0.25, 0.3) is 0 Å². The number of rotatable bonds is 5. The van der Waals surface area contributed by atoms with Gasteiger partial charge in [0, 0.05) is 19.2 Å². The number of aliphatic hydroxyl groups is 2. The van der Waals surface area contributed by atoms with Crippen molar-refractivity contribution in [1.82, 2.24) is 5.32 Å². The third kappa shape index (κ3) is 11.6. The maximum Gasteiger partial charge on any atom is 0.244 e. The second-order valence-corrected chi connectivity index (χ2v) is 8.89. The summed E-state index contributed by atoms with van der Waals surface area (Å²) in [6, 6.07) is -0.000188. The molecule has 1 aliphatic rings. The maximum absolute atomic E-state index is 12.4. The van der Waals surface area contributed by atoms with Crippen molar-refractivity contribution in [2.75, 3.05) is 7.11 Å². The molecule has 5 nitrogen and oxygen atoms in total. The lowest BCUT2D eigenvalue weighted by Crippen LogP contribution is -2.32. The van der Waals surface area contributed by atoms with Gasteiger partial charge in [-0.3, -0.25) is 4.79 Å². The second-order valence-electron chi connectivity index (χ2n) is 8.89. The summed E-state index contributed by atoms with van der Waals surface area (Å²) < 4.78 is 5.76. The first-order valence-electron chi connectivity index (χ1n) is 12.1. The predicted molar refractivity (Wildman–Crippen MR) is 141 cm³/mol. The summed E-state index contributed by atoms with van der Waals surface area (Å²) in [4.78, 5) is 12.4. The monoisotopic (exact) mass is 469 g/mol. The Labute approximate surface area is 206 Å². The van der Waals surface area contributed by atoms with Crippen LogP contribution in [0.1, 0.15) is 59.8 Å². The van der Waals surface area contributed by atoms with E-state index >= 15 is 0 Å². The van der Waals surface area contributed by atoms with Gasteiger partial charge in [-0.2, -0.15) is 0 Å². The molecule has 1 amide bonds. The molecule has 0 spiro atoms. The topological polar surface area (TPSA) is 78.8 Å². The fraction of sp³-hybridized carbons (Fsp3) is 0.483. The van der Waals surface area contributed by atoms with Crippen molar-refractivity contribution in [3.05, 3.63) is 84.1 Å². The molecule has 3 N–H and O–H groups in total. The van der Waals surface area contributed by atoms with Gasteiger partial charge in [0.2, 0.25) is 5.91 Å². The molecule has 0 fully saturated rings. The van der Waals surface area contributed by atoms with Crippen LogP contribution < -0.4 is 5.32 Å². The molecule has 0 aromatic heterocycles. The average Bonchev–Trinajstić information content (AvgIpc) is 2.80. The molecule has 0 radical (unpaired) electrons. The van der Waals surface area contributed by atoms with Crippen LogP contribution in [0, 0.1) is 0 Å². The molecular formula is C29H43NO4. The van der Waals surface area contributed by atoms with Gasteiger partial charge in [0.1, 0.15) is 12.2 Å². The van der Waals surface area contributed by atoms with E-state index in [4.69, 9.17) is 4.74 Å². The number of aliphatic hydroxyl groups excluding tert-OH is 2. The highest BCUT2D eigenvalue weighted by molar-refractivity contribution is 5.88. The fourth-order valence-electron chi connectivity index (χ4n) is 3.37. The van der Waals surface area contributed by atoms with Crippen molar-refractivity contribution in [1.29, 1.82) is 0 Å². The number of hydrogen-bond acceptors (Lipinski definition) is 4. The van der Waals surface area contributed by atoms with E-state index in [1.54, 1.807) is 37.5 Å². The summed E-state index contributed by atoms with van der Waals surface area (Å²) in [5.41, 5.74) is 1.28. The maximum atomic E-state index is 12.4. The average molecular weight is 470 g/mol. The highest BCUT2D eigenvalue weighted by atomic mass is 16.5. The first kappa shape index (κ1) is 29.6. The minimum absolute atomic E-state index is 0.000188. The van der Waals surface area contributed by atoms with Crippen molar-refractivity contribution in [2.45, 2.75) is 83.6 Å². The van der Waals surface area contributed by atoms with Gasteiger partial charge in [0.15, 0.2) is 0 Å². The van der Waals surface area contributed by atoms with Crippen LogP contribution in [0.4, 0.5) is 0 Å². The lowest BCUT2D eigenvalue weighted by Gasteiger charge is -2.28. The summed E-state index contributed by atoms with van der Waals surface area (Å²) in [7, 11) is 1.67. The molecular weight excluding hydrogens is 426 g/mol. The van der Waals surface area contributed by atoms with E-state index in [0.29, 0.717) is 12.8 Å². The number of carbonyl (C=O) groups excluding carboxylic acids is 1. The molecule has 4 unspecified atom stereocenters. The van der Waals surface area contributed by atoms with Crippen molar-refractivity contribution in [2.24, 2.45) is 0 Å². The number of allylic oxidation sites excluding steroid dienone is 7. The van der Waals surface area contributed by atoms with Gasteiger partial charge >= 0.3 is 0 Å². The van der Waals surface area contributed by atoms with E-state index in [-0.39, 0.29) is 11.9 Å². The number of nitrogens with one attached hydrogen (secondary N) is 1. The number of unbranched alkanes of at least 4 members (excludes halogenated alkanes) is 1. The van der Waals surface area contributed by atoms with Crippen LogP contribution >= 0.6 is 0 Å². The van der Waals surface area contributed by atoms with Crippen molar-refractivity contribution in [3.8, 4) is 0 Å². The molecule has 188 valence electrons. The summed E-state index contributed by atoms with van der Waals surface area (Å²) in [5, 5.41) is 23.6. The van der Waals surface area contributed by atoms with Gasteiger partial charge in [-0.25, -0.2) is 0 Å². The molecule has 0 aromatic rings. The van der Waals surface area contributed by atoms with Crippen LogP contribution in [-0.2, 0) is 9.53 Å². The zero-order valence-corrected chi connectivity index (χ0v) is 21.4. The third-order valence-electron chi connectivity index (χ3n) is 5.92. The van der Waals surface area contributed by atoms with Gasteiger partial charge in [-0.1, -0.05) is 85.8 Å². The number of hydrogen-bond donors (Lipinski definition) is 3. The van der Waals surface area contributed by atoms with Crippen molar-refractivity contribution in [3.63, 3.8) is 0 Å². The van der Waals surface area contributed by atoms with E-state index < -0.39 is 17.8 Å². The predicted octanol–water partition coefficient (Wildman–Crippen LogP) is 5.26. The Morgan fingerprint density at radius 3 is 2.56 bits per heavy atom. The van der Waals surface area contributed by atoms with Crippen LogP contribution in [0.5, 0.6) is 0 Å². The summed E-state index contributed by atoms with van der Waals surface area (Å²) in [6.07, 6.45) is 24.2. The lowest BCUT2D eigenvalue weighted by molar-refractivity contribution is -0.117. The number of carbonyl (C=O) groups is 1. The summed E-state index contributed by atoms with van der Waals surface area (Å²) in [6.45, 7) is 7.98. The van der Waals surface area contributed by atoms with Crippen molar-refractivity contribution >= 4 is 5.91 Å². The largest absolute Gasteiger partial charge is 0.386 e. The molecule has 1 heterocycles. The minimum Gasteiger partial charge on any atom is -0.386 e. The molecule has 0 bridgehead atoms. The molecule has 0 saturated heterocycles. The van der Waals surface area contributed by atoms with Crippen LogP contribution in [0.3, 0.4) is 0 Å². The Balaban J connectivity index is 3.17. The molecule has 0 aromatic carbocycles. The van der Waals surface area contributed by atoms with E-state index in [0.717, 1.165) is 30.4 Å². The first-order chi connectivity index (χ1) is 16.2. The summed E-state index contributed by atoms with van der Waals surface area (Å²) >= 11 is 0. The van der Waals surface area contributed by atoms with Crippen LogP contribution in [0.2, 0.25) is 0 Å². The Morgan fingerprint density at radius 2 is 1.85 bits per heavy atom. The number of methoxy groups -OCH3 is 1. The molecule has 1 aliphatic heterocycles. The molecule has 0 saturated carbocycles. The fourth-order valence-corrected chi connectivity index (χ4v) is 3.37. The van der Waals surface area contributed by atoms with Crippen molar-refractivity contribution < 1.29 is 19.7 Å².